The Morgan fingerprint density at radius 2 is 2.00 bits per heavy atom. The molecule has 0 bridgehead atoms. The lowest BCUT2D eigenvalue weighted by atomic mass is 10.1. The van der Waals surface area contributed by atoms with Crippen LogP contribution in [0.1, 0.15) is 41.0 Å². The third-order valence-corrected chi connectivity index (χ3v) is 6.23. The van der Waals surface area contributed by atoms with E-state index >= 15 is 0 Å². The van der Waals surface area contributed by atoms with Crippen molar-refractivity contribution in [2.24, 2.45) is 0 Å². The van der Waals surface area contributed by atoms with Gasteiger partial charge in [0.25, 0.3) is 0 Å². The fraction of sp³-hybridized carbons (Fsp3) is 0.261. The first kappa shape index (κ1) is 22.9. The predicted molar refractivity (Wildman–Crippen MR) is 128 cm³/mol. The molecule has 1 amide bonds. The van der Waals surface area contributed by atoms with Crippen LogP contribution < -0.4 is 4.90 Å². The molecule has 4 rings (SSSR count). The summed E-state index contributed by atoms with van der Waals surface area (Å²) >= 11 is 7.74. The van der Waals surface area contributed by atoms with Crippen LogP contribution in [0.3, 0.4) is 0 Å². The van der Waals surface area contributed by atoms with Gasteiger partial charge in [0, 0.05) is 18.8 Å². The number of esters is 1. The largest absolute Gasteiger partial charge is 0.456 e. The summed E-state index contributed by atoms with van der Waals surface area (Å²) in [5.41, 5.74) is 4.88. The second-order valence-corrected chi connectivity index (χ2v) is 8.82. The first-order chi connectivity index (χ1) is 15.8. The minimum Gasteiger partial charge on any atom is -0.456 e. The summed E-state index contributed by atoms with van der Waals surface area (Å²) in [6, 6.07) is 8.92. The maximum absolute atomic E-state index is 12.5. The Kier molecular flexibility index (Phi) is 6.44. The number of amides is 1. The molecule has 2 aromatic carbocycles. The number of rotatable bonds is 6. The van der Waals surface area contributed by atoms with Gasteiger partial charge in [-0.1, -0.05) is 22.9 Å². The van der Waals surface area contributed by atoms with E-state index in [1.807, 2.05) is 32.9 Å². The van der Waals surface area contributed by atoms with Crippen molar-refractivity contribution < 1.29 is 14.3 Å². The number of hydrogen-bond acceptors (Lipinski definition) is 7. The summed E-state index contributed by atoms with van der Waals surface area (Å²) in [5, 5.41) is 10.8. The molecule has 0 radical (unpaired) electrons. The molecule has 33 heavy (non-hydrogen) atoms. The molecule has 0 fully saturated rings. The number of carbonyl (C=O) groups is 2. The minimum absolute atomic E-state index is 0.0264. The van der Waals surface area contributed by atoms with Crippen molar-refractivity contribution in [3.05, 3.63) is 63.1 Å². The van der Waals surface area contributed by atoms with Gasteiger partial charge in [0.15, 0.2) is 5.13 Å². The van der Waals surface area contributed by atoms with Crippen molar-refractivity contribution in [3.63, 3.8) is 0 Å². The SMILES string of the molecule is CCn1nnc2cc(C(=O)OCc3csc(N(C(C)=O)c4c(C)cc(C)cc4Cl)n3)ccc21. The maximum Gasteiger partial charge on any atom is 0.338 e. The van der Waals surface area contributed by atoms with E-state index in [1.54, 1.807) is 28.3 Å². The van der Waals surface area contributed by atoms with Crippen LogP contribution >= 0.6 is 22.9 Å². The maximum atomic E-state index is 12.5. The van der Waals surface area contributed by atoms with Gasteiger partial charge in [0.1, 0.15) is 12.1 Å². The molecule has 0 aliphatic rings. The number of hydrogen-bond donors (Lipinski definition) is 0. The van der Waals surface area contributed by atoms with Crippen molar-refractivity contribution in [2.75, 3.05) is 4.90 Å². The zero-order valence-corrected chi connectivity index (χ0v) is 20.2. The minimum atomic E-state index is -0.488. The molecule has 0 saturated heterocycles. The summed E-state index contributed by atoms with van der Waals surface area (Å²) in [4.78, 5) is 31.0. The summed E-state index contributed by atoms with van der Waals surface area (Å²) in [6.45, 7) is 7.94. The van der Waals surface area contributed by atoms with Gasteiger partial charge < -0.3 is 4.74 Å². The topological polar surface area (TPSA) is 90.2 Å². The van der Waals surface area contributed by atoms with Crippen LogP contribution in [0.15, 0.2) is 35.7 Å². The number of nitrogens with zero attached hydrogens (tertiary/aromatic N) is 5. The standard InChI is InChI=1S/C23H22ClN5O3S/c1-5-28-20-7-6-16(10-19(20)26-27-28)22(31)32-11-17-12-33-23(25-17)29(15(4)30)21-14(3)8-13(2)9-18(21)24/h6-10,12H,5,11H2,1-4H3. The summed E-state index contributed by atoms with van der Waals surface area (Å²) in [7, 11) is 0. The average molecular weight is 484 g/mol. The zero-order valence-electron chi connectivity index (χ0n) is 18.6. The van der Waals surface area contributed by atoms with Gasteiger partial charge in [-0.3, -0.25) is 9.69 Å². The van der Waals surface area contributed by atoms with Gasteiger partial charge in [-0.05, 0) is 56.2 Å². The van der Waals surface area contributed by atoms with Crippen LogP contribution in [0.5, 0.6) is 0 Å². The molecule has 2 aromatic heterocycles. The van der Waals surface area contributed by atoms with Crippen molar-refractivity contribution >= 4 is 56.7 Å². The Labute approximate surface area is 199 Å². The Morgan fingerprint density at radius 1 is 1.21 bits per heavy atom. The molecule has 2 heterocycles. The first-order valence-electron chi connectivity index (χ1n) is 10.3. The molecule has 10 heteroatoms. The van der Waals surface area contributed by atoms with Crippen LogP contribution in [0, 0.1) is 13.8 Å². The number of thiazole rings is 1. The van der Waals surface area contributed by atoms with Crippen LogP contribution in [0.4, 0.5) is 10.8 Å². The highest BCUT2D eigenvalue weighted by Gasteiger charge is 2.23. The van der Waals surface area contributed by atoms with E-state index in [0.717, 1.165) is 16.6 Å². The summed E-state index contributed by atoms with van der Waals surface area (Å²) in [6.07, 6.45) is 0. The predicted octanol–water partition coefficient (Wildman–Crippen LogP) is 5.22. The number of fused-ring (bicyclic) bond motifs is 1. The van der Waals surface area contributed by atoms with E-state index in [-0.39, 0.29) is 12.5 Å². The van der Waals surface area contributed by atoms with Crippen LogP contribution in [0.25, 0.3) is 11.0 Å². The highest BCUT2D eigenvalue weighted by atomic mass is 35.5. The lowest BCUT2D eigenvalue weighted by Crippen LogP contribution is -2.24. The average Bonchev–Trinajstić information content (AvgIpc) is 3.40. The molecule has 0 atom stereocenters. The third-order valence-electron chi connectivity index (χ3n) is 5.07. The van der Waals surface area contributed by atoms with Gasteiger partial charge in [0.2, 0.25) is 5.91 Å². The number of carbonyl (C=O) groups excluding carboxylic acids is 2. The van der Waals surface area contributed by atoms with Gasteiger partial charge in [-0.2, -0.15) is 0 Å². The van der Waals surface area contributed by atoms with Gasteiger partial charge in [0.05, 0.1) is 27.5 Å². The lowest BCUT2D eigenvalue weighted by Gasteiger charge is -2.22. The Morgan fingerprint density at radius 3 is 2.70 bits per heavy atom. The lowest BCUT2D eigenvalue weighted by molar-refractivity contribution is -0.115. The van der Waals surface area contributed by atoms with Crippen LogP contribution in [-0.2, 0) is 22.7 Å². The zero-order chi connectivity index (χ0) is 23.7. The van der Waals surface area contributed by atoms with E-state index in [0.29, 0.717) is 39.2 Å². The smallest absolute Gasteiger partial charge is 0.338 e. The molecule has 0 unspecified atom stereocenters. The monoisotopic (exact) mass is 483 g/mol. The van der Waals surface area contributed by atoms with Gasteiger partial charge >= 0.3 is 5.97 Å². The normalized spacial score (nSPS) is 11.1. The molecule has 0 N–H and O–H groups in total. The van der Waals surface area contributed by atoms with E-state index < -0.39 is 5.97 Å². The number of halogens is 1. The van der Waals surface area contributed by atoms with Crippen molar-refractivity contribution in [2.45, 2.75) is 40.8 Å². The van der Waals surface area contributed by atoms with Crippen molar-refractivity contribution in [1.82, 2.24) is 20.0 Å². The molecular formula is C23H22ClN5O3S. The number of anilines is 2. The van der Waals surface area contributed by atoms with Gasteiger partial charge in [-0.15, -0.1) is 16.4 Å². The van der Waals surface area contributed by atoms with E-state index in [2.05, 4.69) is 15.3 Å². The number of benzene rings is 2. The number of aromatic nitrogens is 4. The highest BCUT2D eigenvalue weighted by Crippen LogP contribution is 2.37. The molecular weight excluding hydrogens is 462 g/mol. The molecule has 8 nitrogen and oxygen atoms in total. The Bertz CT molecular complexity index is 1340. The summed E-state index contributed by atoms with van der Waals surface area (Å²) < 4.78 is 7.19. The fourth-order valence-electron chi connectivity index (χ4n) is 3.60. The molecule has 0 saturated carbocycles. The number of ether oxygens (including phenoxy) is 1. The van der Waals surface area contributed by atoms with Crippen molar-refractivity contribution in [3.8, 4) is 0 Å². The molecule has 0 spiro atoms. The molecule has 170 valence electrons. The quantitative estimate of drug-likeness (QED) is 0.349. The highest BCUT2D eigenvalue weighted by molar-refractivity contribution is 7.14. The summed E-state index contributed by atoms with van der Waals surface area (Å²) in [5.74, 6) is -0.700. The van der Waals surface area contributed by atoms with Crippen molar-refractivity contribution in [1.29, 1.82) is 0 Å². The first-order valence-corrected chi connectivity index (χ1v) is 11.6. The van der Waals surface area contributed by atoms with Crippen LogP contribution in [0.2, 0.25) is 5.02 Å². The number of aryl methyl sites for hydroxylation is 3. The van der Waals surface area contributed by atoms with E-state index in [1.165, 1.54) is 23.2 Å². The molecule has 4 aromatic rings. The van der Waals surface area contributed by atoms with E-state index in [4.69, 9.17) is 16.3 Å². The second-order valence-electron chi connectivity index (χ2n) is 7.57. The second kappa shape index (κ2) is 9.29. The molecule has 0 aliphatic carbocycles. The molecule has 0 aliphatic heterocycles. The Balaban J connectivity index is 1.51. The van der Waals surface area contributed by atoms with Gasteiger partial charge in [-0.25, -0.2) is 14.5 Å². The van der Waals surface area contributed by atoms with Crippen LogP contribution in [-0.4, -0.2) is 31.9 Å². The van der Waals surface area contributed by atoms with E-state index in [9.17, 15) is 9.59 Å². The third kappa shape index (κ3) is 4.60. The fourth-order valence-corrected chi connectivity index (χ4v) is 4.86. The Hall–Kier alpha value is -3.30.